The number of halogens is 1. The Labute approximate surface area is 254 Å². The van der Waals surface area contributed by atoms with E-state index in [2.05, 4.69) is 10.3 Å². The Morgan fingerprint density at radius 3 is 2.58 bits per heavy atom. The van der Waals surface area contributed by atoms with Crippen LogP contribution in [0, 0.1) is 0 Å². The van der Waals surface area contributed by atoms with Gasteiger partial charge in [0.2, 0.25) is 0 Å². The van der Waals surface area contributed by atoms with E-state index in [-0.39, 0.29) is 18.4 Å². The molecular weight excluding hydrogens is 564 g/mol. The maximum absolute atomic E-state index is 14.3. The summed E-state index contributed by atoms with van der Waals surface area (Å²) < 4.78 is 13.1. The van der Waals surface area contributed by atoms with Gasteiger partial charge in [0.05, 0.1) is 32.9 Å². The summed E-state index contributed by atoms with van der Waals surface area (Å²) in [6, 6.07) is 26.1. The first-order valence-corrected chi connectivity index (χ1v) is 14.1. The summed E-state index contributed by atoms with van der Waals surface area (Å²) in [6.07, 6.45) is 3.42. The van der Waals surface area contributed by atoms with E-state index in [1.54, 1.807) is 42.6 Å². The lowest BCUT2D eigenvalue weighted by molar-refractivity contribution is 0.0941. The van der Waals surface area contributed by atoms with E-state index in [1.807, 2.05) is 71.3 Å². The van der Waals surface area contributed by atoms with Crippen molar-refractivity contribution >= 4 is 29.1 Å². The van der Waals surface area contributed by atoms with Crippen LogP contribution in [0.5, 0.6) is 11.5 Å². The molecule has 1 N–H and O–H groups in total. The minimum atomic E-state index is -0.263. The van der Waals surface area contributed by atoms with Gasteiger partial charge in [0.15, 0.2) is 0 Å². The minimum Gasteiger partial charge on any atom is -0.497 e. The maximum Gasteiger partial charge on any atom is 0.268 e. The first kappa shape index (κ1) is 28.1. The predicted molar refractivity (Wildman–Crippen MR) is 166 cm³/mol. The van der Waals surface area contributed by atoms with Crippen LogP contribution in [0.25, 0.3) is 11.1 Å². The molecule has 216 valence electrons. The van der Waals surface area contributed by atoms with Gasteiger partial charge < -0.3 is 24.3 Å². The number of hydrogen-bond acceptors (Lipinski definition) is 5. The Bertz CT molecular complexity index is 1820. The lowest BCUT2D eigenvalue weighted by Crippen LogP contribution is -2.31. The molecule has 43 heavy (non-hydrogen) atoms. The Hall–Kier alpha value is -5.08. The third kappa shape index (κ3) is 5.57. The highest BCUT2D eigenvalue weighted by Gasteiger charge is 2.29. The Morgan fingerprint density at radius 2 is 1.79 bits per heavy atom. The fourth-order valence-electron chi connectivity index (χ4n) is 5.36. The number of pyridine rings is 1. The van der Waals surface area contributed by atoms with Crippen molar-refractivity contribution in [3.63, 3.8) is 0 Å². The Morgan fingerprint density at radius 1 is 0.930 bits per heavy atom. The second kappa shape index (κ2) is 12.0. The highest BCUT2D eigenvalue weighted by molar-refractivity contribution is 6.34. The normalized spacial score (nSPS) is 12.1. The van der Waals surface area contributed by atoms with Gasteiger partial charge in [0.1, 0.15) is 17.2 Å². The van der Waals surface area contributed by atoms with Gasteiger partial charge in [-0.05, 0) is 65.2 Å². The van der Waals surface area contributed by atoms with Crippen LogP contribution in [0.3, 0.4) is 0 Å². The Kier molecular flexibility index (Phi) is 7.85. The number of nitrogens with one attached hydrogen (secondary N) is 1. The van der Waals surface area contributed by atoms with Crippen LogP contribution in [-0.4, -0.2) is 35.6 Å². The van der Waals surface area contributed by atoms with Crippen molar-refractivity contribution in [2.24, 2.45) is 0 Å². The van der Waals surface area contributed by atoms with Crippen LogP contribution in [0.4, 0.5) is 5.69 Å². The molecule has 8 nitrogen and oxygen atoms in total. The SMILES string of the molecule is COc1cccc(-c2cc(OC)c(C(=O)N3Cc4ccc(C(=O)NCc5cccnc5)n4Cc4ccccc43)cc2Cl)c1. The number of rotatable bonds is 7. The lowest BCUT2D eigenvalue weighted by Gasteiger charge is -2.24. The molecular formula is C34H29ClN4O4. The standard InChI is InChI=1S/C34H29ClN4O4/c1-42-26-10-5-9-23(15-26)27-17-32(43-2)28(16-29(27)35)34(41)39-21-25-12-13-31(33(40)37-19-22-7-6-14-36-18-22)38(25)20-24-8-3-4-11-30(24)39/h3-18H,19-21H2,1-2H3,(H,37,40). The number of fused-ring (bicyclic) bond motifs is 2. The molecule has 1 aliphatic heterocycles. The molecule has 6 rings (SSSR count). The van der Waals surface area contributed by atoms with E-state index in [9.17, 15) is 9.59 Å². The van der Waals surface area contributed by atoms with Crippen LogP contribution in [0.15, 0.2) is 97.3 Å². The van der Waals surface area contributed by atoms with E-state index in [4.69, 9.17) is 21.1 Å². The first-order valence-electron chi connectivity index (χ1n) is 13.7. The maximum atomic E-state index is 14.3. The van der Waals surface area contributed by atoms with Gasteiger partial charge in [-0.3, -0.25) is 14.6 Å². The number of ether oxygens (including phenoxy) is 2. The second-order valence-electron chi connectivity index (χ2n) is 10.1. The molecule has 0 radical (unpaired) electrons. The zero-order valence-corrected chi connectivity index (χ0v) is 24.5. The number of carbonyl (C=O) groups is 2. The number of benzene rings is 3. The summed E-state index contributed by atoms with van der Waals surface area (Å²) in [5, 5.41) is 3.40. The summed E-state index contributed by atoms with van der Waals surface area (Å²) in [5.74, 6) is 0.636. The van der Waals surface area contributed by atoms with Crippen molar-refractivity contribution in [1.82, 2.24) is 14.9 Å². The molecule has 0 bridgehead atoms. The molecule has 1 aliphatic rings. The van der Waals surface area contributed by atoms with E-state index >= 15 is 0 Å². The molecule has 0 fully saturated rings. The highest BCUT2D eigenvalue weighted by atomic mass is 35.5. The number of nitrogens with zero attached hydrogens (tertiary/aromatic N) is 3. The van der Waals surface area contributed by atoms with E-state index in [0.29, 0.717) is 40.9 Å². The third-order valence-electron chi connectivity index (χ3n) is 7.56. The molecule has 3 heterocycles. The molecule has 0 unspecified atom stereocenters. The molecule has 0 aliphatic carbocycles. The number of para-hydroxylation sites is 1. The van der Waals surface area contributed by atoms with Crippen LogP contribution < -0.4 is 19.7 Å². The van der Waals surface area contributed by atoms with E-state index in [1.165, 1.54) is 7.11 Å². The predicted octanol–water partition coefficient (Wildman–Crippen LogP) is 6.36. The molecule has 0 saturated carbocycles. The quantitative estimate of drug-likeness (QED) is 0.238. The fraction of sp³-hybridized carbons (Fsp3) is 0.147. The van der Waals surface area contributed by atoms with Crippen molar-refractivity contribution in [2.45, 2.75) is 19.6 Å². The number of hydrogen-bond donors (Lipinski definition) is 1. The van der Waals surface area contributed by atoms with Crippen LogP contribution in [-0.2, 0) is 19.6 Å². The Balaban J connectivity index is 1.34. The van der Waals surface area contributed by atoms with Crippen LogP contribution in [0.2, 0.25) is 5.02 Å². The molecule has 0 spiro atoms. The smallest absolute Gasteiger partial charge is 0.268 e. The summed E-state index contributed by atoms with van der Waals surface area (Å²) in [4.78, 5) is 33.4. The number of aromatic nitrogens is 2. The molecule has 2 amide bonds. The van der Waals surface area contributed by atoms with Gasteiger partial charge in [-0.25, -0.2) is 0 Å². The topological polar surface area (TPSA) is 85.7 Å². The van der Waals surface area contributed by atoms with Crippen molar-refractivity contribution in [1.29, 1.82) is 0 Å². The fourth-order valence-corrected chi connectivity index (χ4v) is 5.63. The molecule has 0 atom stereocenters. The molecule has 3 aromatic carbocycles. The average Bonchev–Trinajstić information content (AvgIpc) is 3.36. The summed E-state index contributed by atoms with van der Waals surface area (Å²) in [6.45, 7) is 1.05. The number of carbonyl (C=O) groups excluding carboxylic acids is 2. The molecule has 0 saturated heterocycles. The first-order chi connectivity index (χ1) is 21.0. The van der Waals surface area contributed by atoms with Gasteiger partial charge >= 0.3 is 0 Å². The van der Waals surface area contributed by atoms with Crippen molar-refractivity contribution < 1.29 is 19.1 Å². The minimum absolute atomic E-state index is 0.200. The highest BCUT2D eigenvalue weighted by Crippen LogP contribution is 2.38. The number of amides is 2. The third-order valence-corrected chi connectivity index (χ3v) is 7.87. The van der Waals surface area contributed by atoms with Gasteiger partial charge in [-0.1, -0.05) is 48.0 Å². The summed E-state index contributed by atoms with van der Waals surface area (Å²) in [5.41, 5.74) is 5.82. The molecule has 2 aromatic heterocycles. The molecule has 9 heteroatoms. The monoisotopic (exact) mass is 592 g/mol. The average molecular weight is 593 g/mol. The lowest BCUT2D eigenvalue weighted by atomic mass is 10.0. The van der Waals surface area contributed by atoms with Crippen molar-refractivity contribution in [3.8, 4) is 22.6 Å². The summed E-state index contributed by atoms with van der Waals surface area (Å²) in [7, 11) is 3.14. The second-order valence-corrected chi connectivity index (χ2v) is 10.5. The van der Waals surface area contributed by atoms with Gasteiger partial charge in [-0.2, -0.15) is 0 Å². The van der Waals surface area contributed by atoms with Crippen molar-refractivity contribution in [3.05, 3.63) is 130 Å². The molecule has 5 aromatic rings. The summed E-state index contributed by atoms with van der Waals surface area (Å²) >= 11 is 6.78. The van der Waals surface area contributed by atoms with Gasteiger partial charge in [0, 0.05) is 40.9 Å². The van der Waals surface area contributed by atoms with Crippen LogP contribution in [0.1, 0.15) is 37.7 Å². The number of methoxy groups -OCH3 is 2. The van der Waals surface area contributed by atoms with E-state index in [0.717, 1.165) is 33.6 Å². The van der Waals surface area contributed by atoms with Crippen molar-refractivity contribution in [2.75, 3.05) is 19.1 Å². The number of anilines is 1. The van der Waals surface area contributed by atoms with E-state index < -0.39 is 0 Å². The van der Waals surface area contributed by atoms with Crippen LogP contribution >= 0.6 is 11.6 Å². The largest absolute Gasteiger partial charge is 0.497 e. The zero-order valence-electron chi connectivity index (χ0n) is 23.7. The van der Waals surface area contributed by atoms with Gasteiger partial charge in [-0.15, -0.1) is 0 Å². The zero-order chi connectivity index (χ0) is 29.9. The van der Waals surface area contributed by atoms with Gasteiger partial charge in [0.25, 0.3) is 11.8 Å².